The number of fused-ring (bicyclic) bond motifs is 1. The Kier molecular flexibility index (Phi) is 9.59. The summed E-state index contributed by atoms with van der Waals surface area (Å²) in [7, 11) is -3.32. The molecule has 0 unspecified atom stereocenters. The zero-order valence-electron chi connectivity index (χ0n) is 19.1. The molecule has 0 radical (unpaired) electrons. The zero-order chi connectivity index (χ0) is 25.5. The number of thiophene rings is 1. The summed E-state index contributed by atoms with van der Waals surface area (Å²) in [5.74, 6) is -3.79. The van der Waals surface area contributed by atoms with Gasteiger partial charge in [-0.15, -0.1) is 11.3 Å². The summed E-state index contributed by atoms with van der Waals surface area (Å²) in [6.07, 6.45) is 1.05. The molecule has 4 N–H and O–H groups in total. The van der Waals surface area contributed by atoms with Gasteiger partial charge in [-0.3, -0.25) is 14.4 Å². The first kappa shape index (κ1) is 27.3. The summed E-state index contributed by atoms with van der Waals surface area (Å²) >= 11 is 1.80. The average molecular weight is 512 g/mol. The molecule has 12 heteroatoms. The largest absolute Gasteiger partial charge is 0.473 e. The Hall–Kier alpha value is -2.96. The molecule has 1 aliphatic heterocycles. The van der Waals surface area contributed by atoms with Crippen LogP contribution in [0.1, 0.15) is 47.6 Å². The van der Waals surface area contributed by atoms with Crippen LogP contribution in [0.2, 0.25) is 0 Å². The Morgan fingerprint density at radius 3 is 2.26 bits per heavy atom. The number of carbonyl (C=O) groups is 3. The Morgan fingerprint density at radius 1 is 1.09 bits per heavy atom. The third-order valence-electron chi connectivity index (χ3n) is 5.38. The third-order valence-corrected chi connectivity index (χ3v) is 7.81. The Balaban J connectivity index is 0.000000604. The Bertz CT molecular complexity index is 1100. The van der Waals surface area contributed by atoms with E-state index in [4.69, 9.17) is 19.8 Å². The standard InChI is InChI=1S/C20H27N3O3S2.C2H2O4/c1-4-28(25,26)22-18-7-5-16(6-8-18)20(24)21-10-11-23-14(2)13-17-9-12-27-19(17)15(23)3;3-1(4)2(5)6/h5-9,12,14-15,22H,4,10-11,13H2,1-3H3,(H,21,24);(H,3,4)(H,5,6)/t14-,15+;/m1./s1. The second kappa shape index (κ2) is 12.0. The van der Waals surface area contributed by atoms with Crippen molar-refractivity contribution >= 4 is 44.9 Å². The minimum atomic E-state index is -3.32. The average Bonchev–Trinajstić information content (AvgIpc) is 3.25. The second-order valence-electron chi connectivity index (χ2n) is 7.73. The summed E-state index contributed by atoms with van der Waals surface area (Å²) in [4.78, 5) is 34.4. The number of sulfonamides is 1. The normalized spacial score (nSPS) is 17.6. The van der Waals surface area contributed by atoms with E-state index in [9.17, 15) is 13.2 Å². The maximum atomic E-state index is 12.4. The van der Waals surface area contributed by atoms with Gasteiger partial charge in [0.25, 0.3) is 5.91 Å². The van der Waals surface area contributed by atoms with E-state index in [0.717, 1.165) is 13.0 Å². The molecule has 0 aliphatic carbocycles. The van der Waals surface area contributed by atoms with E-state index in [-0.39, 0.29) is 11.7 Å². The van der Waals surface area contributed by atoms with Crippen LogP contribution in [0.4, 0.5) is 5.69 Å². The van der Waals surface area contributed by atoms with Crippen LogP contribution in [-0.4, -0.2) is 66.3 Å². The molecule has 2 aromatic rings. The highest BCUT2D eigenvalue weighted by Crippen LogP contribution is 2.35. The Labute approximate surface area is 202 Å². The highest BCUT2D eigenvalue weighted by atomic mass is 32.2. The van der Waals surface area contributed by atoms with Crippen LogP contribution < -0.4 is 10.0 Å². The van der Waals surface area contributed by atoms with E-state index < -0.39 is 22.0 Å². The predicted octanol–water partition coefficient (Wildman–Crippen LogP) is 2.40. The molecule has 34 heavy (non-hydrogen) atoms. The number of aliphatic carboxylic acids is 2. The zero-order valence-corrected chi connectivity index (χ0v) is 20.8. The van der Waals surface area contributed by atoms with Crippen molar-refractivity contribution in [2.45, 2.75) is 39.3 Å². The van der Waals surface area contributed by atoms with Crippen LogP contribution in [0, 0.1) is 0 Å². The van der Waals surface area contributed by atoms with E-state index in [1.807, 2.05) is 0 Å². The molecule has 0 saturated carbocycles. The first-order chi connectivity index (χ1) is 15.9. The minimum Gasteiger partial charge on any atom is -0.473 e. The van der Waals surface area contributed by atoms with Crippen molar-refractivity contribution in [3.63, 3.8) is 0 Å². The quantitative estimate of drug-likeness (QED) is 0.413. The van der Waals surface area contributed by atoms with Crippen molar-refractivity contribution in [2.75, 3.05) is 23.6 Å². The van der Waals surface area contributed by atoms with Crippen molar-refractivity contribution in [1.29, 1.82) is 0 Å². The van der Waals surface area contributed by atoms with Gasteiger partial charge in [-0.05, 0) is 68.5 Å². The first-order valence-electron chi connectivity index (χ1n) is 10.6. The molecule has 0 spiro atoms. The van der Waals surface area contributed by atoms with Gasteiger partial charge in [0.05, 0.1) is 5.75 Å². The SMILES string of the molecule is CCS(=O)(=O)Nc1ccc(C(=O)NCCN2[C@H](C)Cc3ccsc3[C@@H]2C)cc1.O=C(O)C(=O)O. The number of carbonyl (C=O) groups excluding carboxylic acids is 1. The topological polar surface area (TPSA) is 153 Å². The molecule has 2 heterocycles. The number of carboxylic acids is 2. The number of hydrogen-bond donors (Lipinski definition) is 4. The second-order valence-corrected chi connectivity index (χ2v) is 10.7. The molecule has 0 saturated heterocycles. The molecule has 10 nitrogen and oxygen atoms in total. The van der Waals surface area contributed by atoms with Gasteiger partial charge in [0.2, 0.25) is 10.0 Å². The van der Waals surface area contributed by atoms with Crippen LogP contribution in [0.5, 0.6) is 0 Å². The van der Waals surface area contributed by atoms with Gasteiger partial charge in [-0.1, -0.05) is 0 Å². The molecule has 1 aromatic carbocycles. The molecule has 1 amide bonds. The van der Waals surface area contributed by atoms with E-state index in [1.165, 1.54) is 10.4 Å². The van der Waals surface area contributed by atoms with Crippen LogP contribution in [-0.2, 0) is 26.0 Å². The lowest BCUT2D eigenvalue weighted by Crippen LogP contribution is -2.44. The fourth-order valence-corrected chi connectivity index (χ4v) is 5.26. The lowest BCUT2D eigenvalue weighted by molar-refractivity contribution is -0.159. The number of carboxylic acid groups (broad SMARTS) is 2. The minimum absolute atomic E-state index is 0.00947. The maximum Gasteiger partial charge on any atom is 0.414 e. The number of rotatable bonds is 7. The van der Waals surface area contributed by atoms with E-state index in [2.05, 4.69) is 40.2 Å². The van der Waals surface area contributed by atoms with Gasteiger partial charge in [0.1, 0.15) is 0 Å². The van der Waals surface area contributed by atoms with E-state index >= 15 is 0 Å². The van der Waals surface area contributed by atoms with Crippen molar-refractivity contribution in [3.8, 4) is 0 Å². The van der Waals surface area contributed by atoms with Crippen molar-refractivity contribution in [1.82, 2.24) is 10.2 Å². The monoisotopic (exact) mass is 511 g/mol. The van der Waals surface area contributed by atoms with Crippen molar-refractivity contribution in [3.05, 3.63) is 51.7 Å². The molecular weight excluding hydrogens is 482 g/mol. The van der Waals surface area contributed by atoms with E-state index in [0.29, 0.717) is 29.9 Å². The summed E-state index contributed by atoms with van der Waals surface area (Å²) < 4.78 is 25.7. The number of nitrogens with one attached hydrogen (secondary N) is 2. The molecule has 3 rings (SSSR count). The maximum absolute atomic E-state index is 12.4. The van der Waals surface area contributed by atoms with Crippen LogP contribution in [0.25, 0.3) is 0 Å². The lowest BCUT2D eigenvalue weighted by atomic mass is 9.97. The van der Waals surface area contributed by atoms with Gasteiger partial charge in [0.15, 0.2) is 0 Å². The molecule has 0 bridgehead atoms. The Morgan fingerprint density at radius 2 is 1.71 bits per heavy atom. The van der Waals surface area contributed by atoms with E-state index in [1.54, 1.807) is 42.5 Å². The molecule has 0 fully saturated rings. The highest BCUT2D eigenvalue weighted by Gasteiger charge is 2.29. The van der Waals surface area contributed by atoms with Crippen LogP contribution in [0.15, 0.2) is 35.7 Å². The predicted molar refractivity (Wildman–Crippen MR) is 130 cm³/mol. The molecule has 1 aliphatic rings. The smallest absolute Gasteiger partial charge is 0.414 e. The van der Waals surface area contributed by atoms with Crippen LogP contribution in [0.3, 0.4) is 0 Å². The summed E-state index contributed by atoms with van der Waals surface area (Å²) in [6, 6.07) is 9.50. The number of anilines is 1. The van der Waals surface area contributed by atoms with Gasteiger partial charge in [-0.25, -0.2) is 18.0 Å². The molecule has 2 atom stereocenters. The number of benzene rings is 1. The fourth-order valence-electron chi connectivity index (χ4n) is 3.61. The molecule has 186 valence electrons. The number of hydrogen-bond acceptors (Lipinski definition) is 7. The fraction of sp³-hybridized carbons (Fsp3) is 0.409. The molecular formula is C22H29N3O7S2. The summed E-state index contributed by atoms with van der Waals surface area (Å²) in [6.45, 7) is 7.39. The van der Waals surface area contributed by atoms with Crippen LogP contribution >= 0.6 is 11.3 Å². The van der Waals surface area contributed by atoms with Gasteiger partial charge < -0.3 is 15.5 Å². The van der Waals surface area contributed by atoms with Gasteiger partial charge in [0, 0.05) is 41.3 Å². The number of nitrogens with zero attached hydrogens (tertiary/aromatic N) is 1. The summed E-state index contributed by atoms with van der Waals surface area (Å²) in [5, 5.41) is 19.9. The third kappa shape index (κ3) is 7.54. The van der Waals surface area contributed by atoms with Gasteiger partial charge >= 0.3 is 11.9 Å². The van der Waals surface area contributed by atoms with Crippen molar-refractivity contribution in [2.24, 2.45) is 0 Å². The lowest BCUT2D eigenvalue weighted by Gasteiger charge is -2.38. The van der Waals surface area contributed by atoms with Crippen molar-refractivity contribution < 1.29 is 33.0 Å². The number of amides is 1. The molecule has 1 aromatic heterocycles. The van der Waals surface area contributed by atoms with Gasteiger partial charge in [-0.2, -0.15) is 0 Å². The summed E-state index contributed by atoms with van der Waals surface area (Å²) in [5.41, 5.74) is 2.42. The first-order valence-corrected chi connectivity index (χ1v) is 13.1. The highest BCUT2D eigenvalue weighted by molar-refractivity contribution is 7.92.